The van der Waals surface area contributed by atoms with Gasteiger partial charge in [-0.05, 0) is 30.7 Å². The van der Waals surface area contributed by atoms with Crippen molar-refractivity contribution >= 4 is 11.8 Å². The lowest BCUT2D eigenvalue weighted by molar-refractivity contribution is 0.349. The first-order valence-electron chi connectivity index (χ1n) is 6.16. The zero-order valence-electron chi connectivity index (χ0n) is 9.91. The van der Waals surface area contributed by atoms with Crippen molar-refractivity contribution in [1.82, 2.24) is 0 Å². The number of phenolic OH excluding ortho intramolecular Hbond substituents is 1. The van der Waals surface area contributed by atoms with Crippen LogP contribution in [0.5, 0.6) is 5.75 Å². The van der Waals surface area contributed by atoms with E-state index < -0.39 is 0 Å². The molecule has 0 amide bonds. The molecule has 0 radical (unpaired) electrons. The molecule has 1 N–H and O–H groups in total. The summed E-state index contributed by atoms with van der Waals surface area (Å²) in [7, 11) is 0. The van der Waals surface area contributed by atoms with Crippen molar-refractivity contribution in [3.05, 3.63) is 23.8 Å². The van der Waals surface area contributed by atoms with Crippen LogP contribution in [0.4, 0.5) is 0 Å². The molecule has 0 spiro atoms. The van der Waals surface area contributed by atoms with E-state index >= 15 is 0 Å². The van der Waals surface area contributed by atoms with E-state index in [1.165, 1.54) is 42.6 Å². The average Bonchev–Trinajstić information content (AvgIpc) is 2.33. The monoisotopic (exact) mass is 236 g/mol. The molecular formula is C14H20OS. The first kappa shape index (κ1) is 11.8. The number of hydrogen-bond donors (Lipinski definition) is 1. The maximum Gasteiger partial charge on any atom is 0.119 e. The summed E-state index contributed by atoms with van der Waals surface area (Å²) in [5.74, 6) is 1.27. The summed E-state index contributed by atoms with van der Waals surface area (Å²) in [5, 5.41) is 9.94. The van der Waals surface area contributed by atoms with Crippen molar-refractivity contribution in [2.75, 3.05) is 6.26 Å². The lowest BCUT2D eigenvalue weighted by atomic mass is 9.84. The number of rotatable bonds is 3. The van der Waals surface area contributed by atoms with Crippen LogP contribution in [0.15, 0.2) is 23.1 Å². The number of phenols is 1. The van der Waals surface area contributed by atoms with Crippen molar-refractivity contribution in [3.63, 3.8) is 0 Å². The Labute approximate surface area is 102 Å². The van der Waals surface area contributed by atoms with E-state index in [9.17, 15) is 5.11 Å². The van der Waals surface area contributed by atoms with Crippen LogP contribution < -0.4 is 0 Å². The fraction of sp³-hybridized carbons (Fsp3) is 0.571. The Hall–Kier alpha value is -0.630. The Kier molecular flexibility index (Phi) is 4.16. The third kappa shape index (κ3) is 2.73. The van der Waals surface area contributed by atoms with Gasteiger partial charge in [-0.2, -0.15) is 0 Å². The van der Waals surface area contributed by atoms with E-state index in [1.54, 1.807) is 11.8 Å². The van der Waals surface area contributed by atoms with E-state index in [0.717, 1.165) is 12.3 Å². The lowest BCUT2D eigenvalue weighted by Gasteiger charge is -2.22. The summed E-state index contributed by atoms with van der Waals surface area (Å²) in [5.41, 5.74) is 1.17. The summed E-state index contributed by atoms with van der Waals surface area (Å²) in [6, 6.07) is 5.87. The van der Waals surface area contributed by atoms with Crippen LogP contribution in [0.3, 0.4) is 0 Å². The van der Waals surface area contributed by atoms with Crippen molar-refractivity contribution in [3.8, 4) is 5.75 Å². The second kappa shape index (κ2) is 5.62. The Bertz CT molecular complexity index is 343. The molecule has 1 aromatic carbocycles. The predicted molar refractivity (Wildman–Crippen MR) is 70.2 cm³/mol. The summed E-state index contributed by atoms with van der Waals surface area (Å²) in [4.78, 5) is 1.24. The molecule has 0 atom stereocenters. The number of benzene rings is 1. The zero-order valence-corrected chi connectivity index (χ0v) is 10.7. The van der Waals surface area contributed by atoms with Gasteiger partial charge in [-0.15, -0.1) is 11.8 Å². The highest BCUT2D eigenvalue weighted by Crippen LogP contribution is 2.34. The second-order valence-corrected chi connectivity index (χ2v) is 5.51. The Morgan fingerprint density at radius 3 is 2.69 bits per heavy atom. The highest BCUT2D eigenvalue weighted by Gasteiger charge is 2.17. The van der Waals surface area contributed by atoms with Gasteiger partial charge >= 0.3 is 0 Å². The average molecular weight is 236 g/mol. The molecule has 2 rings (SSSR count). The topological polar surface area (TPSA) is 20.2 Å². The van der Waals surface area contributed by atoms with E-state index in [1.807, 2.05) is 12.1 Å². The SMILES string of the molecule is CSc1cccc(O)c1CC1CCCCC1. The van der Waals surface area contributed by atoms with Crippen LogP contribution in [0, 0.1) is 5.92 Å². The van der Waals surface area contributed by atoms with E-state index in [-0.39, 0.29) is 0 Å². The molecular weight excluding hydrogens is 216 g/mol. The number of aromatic hydroxyl groups is 1. The van der Waals surface area contributed by atoms with Gasteiger partial charge < -0.3 is 5.11 Å². The second-order valence-electron chi connectivity index (χ2n) is 4.67. The minimum Gasteiger partial charge on any atom is -0.508 e. The molecule has 1 aromatic rings. The highest BCUT2D eigenvalue weighted by molar-refractivity contribution is 7.98. The molecule has 1 nitrogen and oxygen atoms in total. The molecule has 1 aliphatic rings. The highest BCUT2D eigenvalue weighted by atomic mass is 32.2. The molecule has 0 bridgehead atoms. The minimum atomic E-state index is 0.484. The number of hydrogen-bond acceptors (Lipinski definition) is 2. The van der Waals surface area contributed by atoms with Crippen molar-refractivity contribution in [2.24, 2.45) is 5.92 Å². The van der Waals surface area contributed by atoms with Gasteiger partial charge in [0.2, 0.25) is 0 Å². The van der Waals surface area contributed by atoms with Crippen LogP contribution in [0.25, 0.3) is 0 Å². The maximum atomic E-state index is 9.94. The molecule has 1 saturated carbocycles. The van der Waals surface area contributed by atoms with Gasteiger partial charge in [-0.1, -0.05) is 38.2 Å². The summed E-state index contributed by atoms with van der Waals surface area (Å²) in [6.07, 6.45) is 9.94. The molecule has 0 heterocycles. The summed E-state index contributed by atoms with van der Waals surface area (Å²) >= 11 is 1.74. The molecule has 2 heteroatoms. The molecule has 1 fully saturated rings. The smallest absolute Gasteiger partial charge is 0.119 e. The summed E-state index contributed by atoms with van der Waals surface area (Å²) in [6.45, 7) is 0. The van der Waals surface area contributed by atoms with Gasteiger partial charge in [0.25, 0.3) is 0 Å². The Morgan fingerprint density at radius 1 is 1.25 bits per heavy atom. The van der Waals surface area contributed by atoms with E-state index in [0.29, 0.717) is 5.75 Å². The number of thioether (sulfide) groups is 1. The third-order valence-corrected chi connectivity index (χ3v) is 4.37. The predicted octanol–water partition coefficient (Wildman–Crippen LogP) is 4.24. The fourth-order valence-corrected chi connectivity index (χ4v) is 3.28. The van der Waals surface area contributed by atoms with E-state index in [4.69, 9.17) is 0 Å². The van der Waals surface area contributed by atoms with Gasteiger partial charge in [0.1, 0.15) is 5.75 Å². The van der Waals surface area contributed by atoms with Gasteiger partial charge in [0.05, 0.1) is 0 Å². The molecule has 1 aliphatic carbocycles. The Morgan fingerprint density at radius 2 is 2.00 bits per heavy atom. The normalized spacial score (nSPS) is 17.6. The van der Waals surface area contributed by atoms with Crippen LogP contribution in [-0.4, -0.2) is 11.4 Å². The molecule has 16 heavy (non-hydrogen) atoms. The molecule has 0 aliphatic heterocycles. The van der Waals surface area contributed by atoms with Crippen LogP contribution in [0.1, 0.15) is 37.7 Å². The third-order valence-electron chi connectivity index (χ3n) is 3.55. The quantitative estimate of drug-likeness (QED) is 0.792. The van der Waals surface area contributed by atoms with Gasteiger partial charge in [-0.25, -0.2) is 0 Å². The fourth-order valence-electron chi connectivity index (χ4n) is 2.63. The standard InChI is InChI=1S/C14H20OS/c1-16-14-9-5-8-13(15)12(14)10-11-6-3-2-4-7-11/h5,8-9,11,15H,2-4,6-7,10H2,1H3. The van der Waals surface area contributed by atoms with Crippen molar-refractivity contribution in [1.29, 1.82) is 0 Å². The van der Waals surface area contributed by atoms with Gasteiger partial charge in [0.15, 0.2) is 0 Å². The van der Waals surface area contributed by atoms with E-state index in [2.05, 4.69) is 12.3 Å². The maximum absolute atomic E-state index is 9.94. The minimum absolute atomic E-state index is 0.484. The lowest BCUT2D eigenvalue weighted by Crippen LogP contribution is -2.09. The van der Waals surface area contributed by atoms with Crippen molar-refractivity contribution in [2.45, 2.75) is 43.4 Å². The van der Waals surface area contributed by atoms with Crippen LogP contribution >= 0.6 is 11.8 Å². The van der Waals surface area contributed by atoms with Gasteiger partial charge in [0, 0.05) is 10.5 Å². The first-order chi connectivity index (χ1) is 7.81. The summed E-state index contributed by atoms with van der Waals surface area (Å²) < 4.78 is 0. The largest absolute Gasteiger partial charge is 0.508 e. The van der Waals surface area contributed by atoms with Crippen molar-refractivity contribution < 1.29 is 5.11 Å². The molecule has 0 saturated heterocycles. The molecule has 0 aromatic heterocycles. The molecule has 88 valence electrons. The zero-order chi connectivity index (χ0) is 11.4. The van der Waals surface area contributed by atoms with Crippen LogP contribution in [-0.2, 0) is 6.42 Å². The Balaban J connectivity index is 2.12. The van der Waals surface area contributed by atoms with Gasteiger partial charge in [-0.3, -0.25) is 0 Å². The van der Waals surface area contributed by atoms with Crippen LogP contribution in [0.2, 0.25) is 0 Å². The first-order valence-corrected chi connectivity index (χ1v) is 7.38. The molecule has 0 unspecified atom stereocenters.